The molecule has 2 aliphatic heterocycles. The highest BCUT2D eigenvalue weighted by atomic mass is 35.5. The molecule has 3 aromatic rings. The lowest BCUT2D eigenvalue weighted by molar-refractivity contribution is 0.0651. The Morgan fingerprint density at radius 1 is 1.22 bits per heavy atom. The lowest BCUT2D eigenvalue weighted by atomic mass is 9.77. The van der Waals surface area contributed by atoms with Crippen LogP contribution in [0.3, 0.4) is 0 Å². The van der Waals surface area contributed by atoms with Crippen molar-refractivity contribution in [3.63, 3.8) is 0 Å². The number of anilines is 1. The summed E-state index contributed by atoms with van der Waals surface area (Å²) >= 11 is 6.34. The lowest BCUT2D eigenvalue weighted by Gasteiger charge is -2.40. The van der Waals surface area contributed by atoms with Crippen molar-refractivity contribution in [2.75, 3.05) is 37.6 Å². The topological polar surface area (TPSA) is 93.6 Å². The van der Waals surface area contributed by atoms with Crippen molar-refractivity contribution in [1.82, 2.24) is 24.7 Å². The minimum absolute atomic E-state index is 0.300. The fraction of sp³-hybridized carbons (Fsp3) is 0.478. The molecular weight excluding hydrogens is 426 g/mol. The predicted octanol–water partition coefficient (Wildman–Crippen LogP) is 2.98. The van der Waals surface area contributed by atoms with E-state index < -0.39 is 6.10 Å². The Hall–Kier alpha value is -2.73. The zero-order chi connectivity index (χ0) is 22.3. The smallest absolute Gasteiger partial charge is 0.177 e. The van der Waals surface area contributed by atoms with Gasteiger partial charge in [-0.1, -0.05) is 17.7 Å². The first-order valence-corrected chi connectivity index (χ1v) is 11.4. The van der Waals surface area contributed by atoms with E-state index in [-0.39, 0.29) is 0 Å². The van der Waals surface area contributed by atoms with Gasteiger partial charge in [-0.05, 0) is 68.5 Å². The average Bonchev–Trinajstić information content (AvgIpc) is 3.43. The van der Waals surface area contributed by atoms with Crippen molar-refractivity contribution in [2.24, 2.45) is 5.41 Å². The van der Waals surface area contributed by atoms with Gasteiger partial charge >= 0.3 is 0 Å². The maximum Gasteiger partial charge on any atom is 0.177 e. The molecule has 1 unspecified atom stereocenters. The summed E-state index contributed by atoms with van der Waals surface area (Å²) in [5, 5.41) is 33.0. The van der Waals surface area contributed by atoms with Gasteiger partial charge in [-0.15, -0.1) is 15.3 Å². The molecule has 2 aromatic heterocycles. The first-order chi connectivity index (χ1) is 15.5. The minimum atomic E-state index is -0.664. The van der Waals surface area contributed by atoms with E-state index in [9.17, 15) is 5.11 Å². The van der Waals surface area contributed by atoms with Gasteiger partial charge < -0.3 is 14.9 Å². The molecule has 2 saturated heterocycles. The maximum absolute atomic E-state index is 10.8. The number of β-amino-alcohol motifs (C(OH)–C–C–N with tert-alkyl or cyclic N) is 1. The van der Waals surface area contributed by atoms with Crippen LogP contribution in [0.2, 0.25) is 5.02 Å². The number of aryl methyl sites for hydroxylation is 1. The molecule has 166 valence electrons. The van der Waals surface area contributed by atoms with Crippen molar-refractivity contribution in [1.29, 1.82) is 5.26 Å². The predicted molar refractivity (Wildman–Crippen MR) is 122 cm³/mol. The number of piperidine rings is 1. The molecule has 8 nitrogen and oxygen atoms in total. The highest BCUT2D eigenvalue weighted by Gasteiger charge is 2.41. The van der Waals surface area contributed by atoms with E-state index in [0.29, 0.717) is 28.1 Å². The quantitative estimate of drug-likeness (QED) is 0.651. The van der Waals surface area contributed by atoms with Crippen LogP contribution in [0.4, 0.5) is 5.82 Å². The maximum atomic E-state index is 10.8. The summed E-state index contributed by atoms with van der Waals surface area (Å²) in [6.07, 6.45) is 4.33. The average molecular weight is 452 g/mol. The van der Waals surface area contributed by atoms with Crippen molar-refractivity contribution in [2.45, 2.75) is 32.3 Å². The van der Waals surface area contributed by atoms with Crippen LogP contribution in [0, 0.1) is 23.7 Å². The van der Waals surface area contributed by atoms with E-state index in [1.165, 1.54) is 0 Å². The third kappa shape index (κ3) is 3.92. The van der Waals surface area contributed by atoms with E-state index in [1.807, 2.05) is 25.1 Å². The van der Waals surface area contributed by atoms with Gasteiger partial charge in [0.2, 0.25) is 0 Å². The molecule has 32 heavy (non-hydrogen) atoms. The number of aromatic nitrogens is 4. The van der Waals surface area contributed by atoms with Crippen molar-refractivity contribution < 1.29 is 5.11 Å². The van der Waals surface area contributed by atoms with Crippen LogP contribution in [0.1, 0.15) is 42.1 Å². The normalized spacial score (nSPS) is 19.5. The Bertz CT molecular complexity index is 1180. The molecule has 0 aliphatic carbocycles. The molecule has 9 heteroatoms. The monoisotopic (exact) mass is 451 g/mol. The van der Waals surface area contributed by atoms with E-state index in [4.69, 9.17) is 16.9 Å². The first kappa shape index (κ1) is 21.1. The second kappa shape index (κ2) is 8.32. The van der Waals surface area contributed by atoms with Crippen LogP contribution in [0.5, 0.6) is 0 Å². The highest BCUT2D eigenvalue weighted by Crippen LogP contribution is 2.42. The molecule has 5 rings (SSSR count). The molecule has 0 saturated carbocycles. The zero-order valence-corrected chi connectivity index (χ0v) is 18.8. The van der Waals surface area contributed by atoms with Gasteiger partial charge in [0.1, 0.15) is 12.1 Å². The second-order valence-corrected chi connectivity index (χ2v) is 9.52. The lowest BCUT2D eigenvalue weighted by Crippen LogP contribution is -2.43. The largest absolute Gasteiger partial charge is 0.387 e. The van der Waals surface area contributed by atoms with E-state index >= 15 is 0 Å². The van der Waals surface area contributed by atoms with Crippen LogP contribution >= 0.6 is 11.6 Å². The Kier molecular flexibility index (Phi) is 5.49. The highest BCUT2D eigenvalue weighted by molar-refractivity contribution is 6.31. The second-order valence-electron chi connectivity index (χ2n) is 9.11. The van der Waals surface area contributed by atoms with Gasteiger partial charge in [-0.3, -0.25) is 0 Å². The number of halogens is 1. The van der Waals surface area contributed by atoms with Crippen LogP contribution < -0.4 is 4.90 Å². The van der Waals surface area contributed by atoms with E-state index in [0.717, 1.165) is 62.5 Å². The molecule has 2 fully saturated rings. The number of benzene rings is 1. The number of nitrogens with zero attached hydrogens (tertiary/aromatic N) is 7. The molecule has 1 aromatic carbocycles. The van der Waals surface area contributed by atoms with Gasteiger partial charge in [-0.2, -0.15) is 9.78 Å². The van der Waals surface area contributed by atoms with Crippen LogP contribution in [0.25, 0.3) is 5.65 Å². The molecular formula is C23H26ClN7O. The molecule has 1 N–H and O–H groups in total. The van der Waals surface area contributed by atoms with Crippen molar-refractivity contribution in [3.05, 3.63) is 52.3 Å². The van der Waals surface area contributed by atoms with Gasteiger partial charge in [0.25, 0.3) is 0 Å². The van der Waals surface area contributed by atoms with E-state index in [2.05, 4.69) is 31.2 Å². The molecule has 1 spiro atoms. The van der Waals surface area contributed by atoms with Gasteiger partial charge in [0.05, 0.1) is 17.7 Å². The Morgan fingerprint density at radius 3 is 2.78 bits per heavy atom. The Labute approximate surface area is 192 Å². The Balaban J connectivity index is 1.20. The van der Waals surface area contributed by atoms with Crippen LogP contribution in [0.15, 0.2) is 30.6 Å². The summed E-state index contributed by atoms with van der Waals surface area (Å²) in [4.78, 5) is 4.69. The summed E-state index contributed by atoms with van der Waals surface area (Å²) < 4.78 is 1.72. The van der Waals surface area contributed by atoms with Gasteiger partial charge in [0, 0.05) is 30.2 Å². The summed E-state index contributed by atoms with van der Waals surface area (Å²) in [6, 6.07) is 9.62. The number of fused-ring (bicyclic) bond motifs is 1. The number of rotatable bonds is 4. The van der Waals surface area contributed by atoms with Crippen LogP contribution in [-0.2, 0) is 0 Å². The van der Waals surface area contributed by atoms with Gasteiger partial charge in [0.15, 0.2) is 5.65 Å². The summed E-state index contributed by atoms with van der Waals surface area (Å²) in [7, 11) is 0. The Morgan fingerprint density at radius 2 is 2.00 bits per heavy atom. The number of hydrogen-bond acceptors (Lipinski definition) is 7. The third-order valence-electron chi connectivity index (χ3n) is 7.08. The zero-order valence-electron chi connectivity index (χ0n) is 18.1. The fourth-order valence-corrected chi connectivity index (χ4v) is 5.35. The standard InChI is InChI=1S/C23H26ClN7O/c1-16-10-18(19(24)11-17(16)12-25)20(32)13-29-7-4-23(5-8-29)6-9-30(14-23)22-3-2-21-27-26-15-31(21)28-22/h2-3,10-11,15,20,32H,4-9,13-14H2,1H3. The molecule has 4 heterocycles. The summed E-state index contributed by atoms with van der Waals surface area (Å²) in [5.74, 6) is 0.970. The molecule has 0 radical (unpaired) electrons. The first-order valence-electron chi connectivity index (χ1n) is 11.0. The van der Waals surface area contributed by atoms with Crippen LogP contribution in [-0.4, -0.2) is 62.5 Å². The molecule has 0 bridgehead atoms. The molecule has 0 amide bonds. The summed E-state index contributed by atoms with van der Waals surface area (Å²) in [5.41, 5.74) is 3.15. The number of hydrogen-bond donors (Lipinski definition) is 1. The van der Waals surface area contributed by atoms with Crippen molar-refractivity contribution in [3.8, 4) is 6.07 Å². The summed E-state index contributed by atoms with van der Waals surface area (Å²) in [6.45, 7) is 6.34. The van der Waals surface area contributed by atoms with E-state index in [1.54, 1.807) is 16.9 Å². The SMILES string of the molecule is Cc1cc(C(O)CN2CCC3(CC2)CCN(c2ccc4nncn4n2)C3)c(Cl)cc1C#N. The van der Waals surface area contributed by atoms with Gasteiger partial charge in [-0.25, -0.2) is 0 Å². The van der Waals surface area contributed by atoms with Crippen molar-refractivity contribution >= 4 is 23.1 Å². The minimum Gasteiger partial charge on any atom is -0.387 e. The molecule has 1 atom stereocenters. The number of likely N-dealkylation sites (tertiary alicyclic amines) is 1. The third-order valence-corrected chi connectivity index (χ3v) is 7.41. The number of nitriles is 1. The fourth-order valence-electron chi connectivity index (χ4n) is 5.06. The molecule has 2 aliphatic rings. The number of aliphatic hydroxyl groups excluding tert-OH is 1. The number of aliphatic hydroxyl groups is 1.